The number of carbonyl (C=O) groups excluding carboxylic acids is 2. The molecular formula is C29H33ClFN3O4S. The van der Waals surface area contributed by atoms with Crippen LogP contribution < -0.4 is 9.62 Å². The Labute approximate surface area is 234 Å². The van der Waals surface area contributed by atoms with E-state index in [-0.39, 0.29) is 35.5 Å². The maximum Gasteiger partial charge on any atom is 0.264 e. The standard InChI is InChI=1S/C29H33ClFN3O4S/c1-5-27(29(36)32-20(2)3)33(18-22-8-6-7-9-26(22)30)28(35)19-34(24-14-12-23(31)13-15-24)39(37,38)25-16-10-21(4)11-17-25/h6-17,20,27H,5,18-19H2,1-4H3,(H,32,36). The fraction of sp³-hybridized carbons (Fsp3) is 0.310. The molecule has 0 heterocycles. The zero-order valence-electron chi connectivity index (χ0n) is 22.4. The van der Waals surface area contributed by atoms with Crippen molar-refractivity contribution in [1.29, 1.82) is 0 Å². The number of carbonyl (C=O) groups is 2. The van der Waals surface area contributed by atoms with E-state index >= 15 is 0 Å². The Balaban J connectivity index is 2.07. The number of halogens is 2. The summed E-state index contributed by atoms with van der Waals surface area (Å²) in [4.78, 5) is 28.4. The van der Waals surface area contributed by atoms with Gasteiger partial charge in [0.2, 0.25) is 11.8 Å². The Morgan fingerprint density at radius 1 is 0.974 bits per heavy atom. The highest BCUT2D eigenvalue weighted by Crippen LogP contribution is 2.26. The average Bonchev–Trinajstić information content (AvgIpc) is 2.88. The van der Waals surface area contributed by atoms with Crippen LogP contribution in [0.1, 0.15) is 38.3 Å². The smallest absolute Gasteiger partial charge is 0.264 e. The van der Waals surface area contributed by atoms with Crippen molar-refractivity contribution in [3.8, 4) is 0 Å². The van der Waals surface area contributed by atoms with Crippen LogP contribution in [0.4, 0.5) is 10.1 Å². The van der Waals surface area contributed by atoms with Gasteiger partial charge in [0.25, 0.3) is 10.0 Å². The minimum absolute atomic E-state index is 0.00956. The highest BCUT2D eigenvalue weighted by Gasteiger charge is 2.34. The largest absolute Gasteiger partial charge is 0.352 e. The summed E-state index contributed by atoms with van der Waals surface area (Å²) in [6, 6.07) is 17.0. The topological polar surface area (TPSA) is 86.8 Å². The molecule has 0 spiro atoms. The lowest BCUT2D eigenvalue weighted by Crippen LogP contribution is -2.53. The van der Waals surface area contributed by atoms with Crippen molar-refractivity contribution in [2.24, 2.45) is 0 Å². The van der Waals surface area contributed by atoms with Crippen LogP contribution in [-0.4, -0.2) is 43.8 Å². The maximum absolute atomic E-state index is 14.0. The summed E-state index contributed by atoms with van der Waals surface area (Å²) < 4.78 is 42.2. The zero-order chi connectivity index (χ0) is 28.7. The van der Waals surface area contributed by atoms with Crippen molar-refractivity contribution >= 4 is 39.1 Å². The van der Waals surface area contributed by atoms with Crippen LogP contribution in [0.15, 0.2) is 77.7 Å². The van der Waals surface area contributed by atoms with Gasteiger partial charge in [-0.3, -0.25) is 13.9 Å². The van der Waals surface area contributed by atoms with Crippen molar-refractivity contribution in [3.63, 3.8) is 0 Å². The summed E-state index contributed by atoms with van der Waals surface area (Å²) in [5.41, 5.74) is 1.59. The van der Waals surface area contributed by atoms with Gasteiger partial charge < -0.3 is 10.2 Å². The summed E-state index contributed by atoms with van der Waals surface area (Å²) in [5, 5.41) is 3.26. The first-order chi connectivity index (χ1) is 18.4. The molecule has 1 N–H and O–H groups in total. The summed E-state index contributed by atoms with van der Waals surface area (Å²) in [6.07, 6.45) is 0.288. The Kier molecular flexibility index (Phi) is 10.1. The second-order valence-electron chi connectivity index (χ2n) is 9.50. The average molecular weight is 574 g/mol. The van der Waals surface area contributed by atoms with E-state index in [4.69, 9.17) is 11.6 Å². The van der Waals surface area contributed by atoms with Gasteiger partial charge in [0.05, 0.1) is 10.6 Å². The lowest BCUT2D eigenvalue weighted by Gasteiger charge is -2.33. The molecule has 39 heavy (non-hydrogen) atoms. The van der Waals surface area contributed by atoms with E-state index in [0.717, 1.165) is 22.0 Å². The van der Waals surface area contributed by atoms with Crippen LogP contribution >= 0.6 is 11.6 Å². The predicted molar refractivity (Wildman–Crippen MR) is 151 cm³/mol. The van der Waals surface area contributed by atoms with Gasteiger partial charge in [-0.2, -0.15) is 0 Å². The van der Waals surface area contributed by atoms with Gasteiger partial charge in [-0.25, -0.2) is 12.8 Å². The highest BCUT2D eigenvalue weighted by molar-refractivity contribution is 7.92. The van der Waals surface area contributed by atoms with Gasteiger partial charge in [0, 0.05) is 17.6 Å². The zero-order valence-corrected chi connectivity index (χ0v) is 24.0. The van der Waals surface area contributed by atoms with Gasteiger partial charge in [-0.15, -0.1) is 0 Å². The second-order valence-corrected chi connectivity index (χ2v) is 11.8. The molecule has 10 heteroatoms. The van der Waals surface area contributed by atoms with E-state index in [2.05, 4.69) is 5.32 Å². The van der Waals surface area contributed by atoms with Crippen LogP contribution in [0.5, 0.6) is 0 Å². The van der Waals surface area contributed by atoms with E-state index in [0.29, 0.717) is 10.6 Å². The van der Waals surface area contributed by atoms with Gasteiger partial charge in [0.1, 0.15) is 18.4 Å². The van der Waals surface area contributed by atoms with Gasteiger partial charge in [-0.05, 0) is 75.2 Å². The number of amides is 2. The number of aryl methyl sites for hydroxylation is 1. The number of sulfonamides is 1. The summed E-state index contributed by atoms with van der Waals surface area (Å²) in [7, 11) is -4.23. The molecule has 3 aromatic rings. The van der Waals surface area contributed by atoms with E-state index < -0.39 is 34.3 Å². The van der Waals surface area contributed by atoms with Crippen molar-refractivity contribution in [3.05, 3.63) is 94.8 Å². The van der Waals surface area contributed by atoms with Crippen LogP contribution in [0.2, 0.25) is 5.02 Å². The number of anilines is 1. The Bertz CT molecular complexity index is 1400. The Hall–Kier alpha value is -3.43. The molecular weight excluding hydrogens is 541 g/mol. The lowest BCUT2D eigenvalue weighted by atomic mass is 10.1. The van der Waals surface area contributed by atoms with Crippen molar-refractivity contribution in [1.82, 2.24) is 10.2 Å². The van der Waals surface area contributed by atoms with Crippen molar-refractivity contribution < 1.29 is 22.4 Å². The summed E-state index contributed by atoms with van der Waals surface area (Å²) in [6.45, 7) is 6.61. The van der Waals surface area contributed by atoms with Gasteiger partial charge in [0.15, 0.2) is 0 Å². The third-order valence-electron chi connectivity index (χ3n) is 6.12. The minimum atomic E-state index is -4.23. The minimum Gasteiger partial charge on any atom is -0.352 e. The van der Waals surface area contributed by atoms with Crippen molar-refractivity contribution in [2.45, 2.75) is 57.6 Å². The number of nitrogens with zero attached hydrogens (tertiary/aromatic N) is 2. The van der Waals surface area contributed by atoms with Crippen molar-refractivity contribution in [2.75, 3.05) is 10.8 Å². The molecule has 0 fully saturated rings. The molecule has 1 atom stereocenters. The molecule has 3 aromatic carbocycles. The fourth-order valence-electron chi connectivity index (χ4n) is 4.08. The fourth-order valence-corrected chi connectivity index (χ4v) is 5.69. The van der Waals surface area contributed by atoms with Crippen LogP contribution in [0.25, 0.3) is 0 Å². The number of rotatable bonds is 11. The summed E-state index contributed by atoms with van der Waals surface area (Å²) in [5.74, 6) is -1.52. The molecule has 1 unspecified atom stereocenters. The van der Waals surface area contributed by atoms with Gasteiger partial charge >= 0.3 is 0 Å². The molecule has 0 bridgehead atoms. The van der Waals surface area contributed by atoms with E-state index in [1.165, 1.54) is 29.2 Å². The molecule has 0 aliphatic rings. The summed E-state index contributed by atoms with van der Waals surface area (Å²) >= 11 is 6.39. The number of hydrogen-bond donors (Lipinski definition) is 1. The van der Waals surface area contributed by atoms with Crippen LogP contribution in [0, 0.1) is 12.7 Å². The molecule has 208 valence electrons. The Morgan fingerprint density at radius 2 is 1.59 bits per heavy atom. The first-order valence-corrected chi connectivity index (χ1v) is 14.4. The Morgan fingerprint density at radius 3 is 2.15 bits per heavy atom. The SMILES string of the molecule is CCC(C(=O)NC(C)C)N(Cc1ccccc1Cl)C(=O)CN(c1ccc(F)cc1)S(=O)(=O)c1ccc(C)cc1. The van der Waals surface area contributed by atoms with E-state index in [9.17, 15) is 22.4 Å². The number of nitrogens with one attached hydrogen (secondary N) is 1. The monoisotopic (exact) mass is 573 g/mol. The normalized spacial score (nSPS) is 12.2. The number of benzene rings is 3. The quantitative estimate of drug-likeness (QED) is 0.337. The third-order valence-corrected chi connectivity index (χ3v) is 8.27. The molecule has 0 aliphatic carbocycles. The molecule has 7 nitrogen and oxygen atoms in total. The van der Waals surface area contributed by atoms with E-state index in [1.54, 1.807) is 43.3 Å². The van der Waals surface area contributed by atoms with Crippen LogP contribution in [-0.2, 0) is 26.2 Å². The molecule has 0 radical (unpaired) electrons. The third kappa shape index (κ3) is 7.58. The molecule has 3 rings (SSSR count). The number of hydrogen-bond acceptors (Lipinski definition) is 4. The molecule has 0 aliphatic heterocycles. The van der Waals surface area contributed by atoms with Gasteiger partial charge in [-0.1, -0.05) is 54.4 Å². The predicted octanol–water partition coefficient (Wildman–Crippen LogP) is 5.31. The highest BCUT2D eigenvalue weighted by atomic mass is 35.5. The van der Waals surface area contributed by atoms with Crippen LogP contribution in [0.3, 0.4) is 0 Å². The molecule has 0 saturated carbocycles. The lowest BCUT2D eigenvalue weighted by molar-refractivity contribution is -0.140. The second kappa shape index (κ2) is 13.1. The first-order valence-electron chi connectivity index (χ1n) is 12.6. The molecule has 2 amide bonds. The molecule has 0 aromatic heterocycles. The first kappa shape index (κ1) is 30.1. The maximum atomic E-state index is 14.0. The van der Waals surface area contributed by atoms with E-state index in [1.807, 2.05) is 20.8 Å². The molecule has 0 saturated heterocycles.